The van der Waals surface area contributed by atoms with E-state index in [-0.39, 0.29) is 53.9 Å². The molecule has 0 spiro atoms. The van der Waals surface area contributed by atoms with Crippen LogP contribution in [0.5, 0.6) is 0 Å². The molecule has 1 aromatic heterocycles. The number of hydrogen-bond acceptors (Lipinski definition) is 14. The number of carbonyl (C=O) groups excluding carboxylic acids is 3. The number of fused-ring (bicyclic) bond motifs is 1. The van der Waals surface area contributed by atoms with E-state index in [0.29, 0.717) is 27.5 Å². The summed E-state index contributed by atoms with van der Waals surface area (Å²) >= 11 is 2.51. The Hall–Kier alpha value is -4.94. The lowest BCUT2D eigenvalue weighted by Gasteiger charge is -2.46. The first-order valence-corrected chi connectivity index (χ1v) is 16.9. The topological polar surface area (TPSA) is 208 Å². The molecular weight excluding hydrogens is 681 g/mol. The van der Waals surface area contributed by atoms with Crippen LogP contribution in [0.3, 0.4) is 0 Å². The highest BCUT2D eigenvalue weighted by atomic mass is 32.2. The van der Waals surface area contributed by atoms with E-state index < -0.39 is 46.0 Å². The summed E-state index contributed by atoms with van der Waals surface area (Å²) in [7, 11) is 0. The van der Waals surface area contributed by atoms with Gasteiger partial charge in [0.2, 0.25) is 5.91 Å². The first kappa shape index (κ1) is 33.9. The zero-order valence-electron chi connectivity index (χ0n) is 26.1. The Kier molecular flexibility index (Phi) is 9.62. The fourth-order valence-corrected chi connectivity index (χ4v) is 8.53. The number of benzene rings is 2. The molecule has 2 fully saturated rings. The largest absolute Gasteiger partial charge is 0.456 e. The highest BCUT2D eigenvalue weighted by Gasteiger charge is 2.60. The Labute approximate surface area is 287 Å². The fraction of sp³-hybridized carbons (Fsp3) is 0.387. The minimum absolute atomic E-state index is 0.0814. The maximum atomic E-state index is 13.6. The number of β-lactam (4-membered cyclic amide) rings is 1. The first-order chi connectivity index (χ1) is 23.4. The number of ether oxygens (including phenoxy) is 2. The molecule has 18 heteroatoms. The van der Waals surface area contributed by atoms with Crippen molar-refractivity contribution in [3.05, 3.63) is 102 Å². The molecule has 0 saturated carbocycles. The summed E-state index contributed by atoms with van der Waals surface area (Å²) in [6, 6.07) is 10.3. The first-order valence-electron chi connectivity index (χ1n) is 15.2. The van der Waals surface area contributed by atoms with E-state index in [4.69, 9.17) is 9.47 Å². The van der Waals surface area contributed by atoms with Gasteiger partial charge in [-0.25, -0.2) is 14.6 Å². The third kappa shape index (κ3) is 6.70. The van der Waals surface area contributed by atoms with Crippen LogP contribution in [0.2, 0.25) is 0 Å². The van der Waals surface area contributed by atoms with Gasteiger partial charge in [0.15, 0.2) is 0 Å². The molecule has 3 aromatic rings. The van der Waals surface area contributed by atoms with Gasteiger partial charge in [-0.15, -0.1) is 11.8 Å². The second kappa shape index (κ2) is 13.9. The molecule has 6 rings (SSSR count). The van der Waals surface area contributed by atoms with Gasteiger partial charge in [-0.2, -0.15) is 4.37 Å². The van der Waals surface area contributed by atoms with Crippen LogP contribution < -0.4 is 0 Å². The van der Waals surface area contributed by atoms with Gasteiger partial charge in [0.1, 0.15) is 30.2 Å². The van der Waals surface area contributed by atoms with Crippen molar-refractivity contribution in [2.75, 3.05) is 6.54 Å². The number of amides is 2. The molecule has 2 aromatic carbocycles. The lowest BCUT2D eigenvalue weighted by molar-refractivity contribution is -0.385. The highest BCUT2D eigenvalue weighted by molar-refractivity contribution is 8.03. The number of aliphatic hydroxyl groups is 1. The van der Waals surface area contributed by atoms with Crippen molar-refractivity contribution in [1.82, 2.24) is 19.2 Å². The van der Waals surface area contributed by atoms with Crippen molar-refractivity contribution in [3.63, 3.8) is 0 Å². The summed E-state index contributed by atoms with van der Waals surface area (Å²) in [5.74, 6) is -2.16. The van der Waals surface area contributed by atoms with Crippen LogP contribution >= 0.6 is 23.3 Å². The molecule has 4 heterocycles. The standard InChI is InChI=1S/C31H30N6O10S2/c1-16-25-24(17(2)38)29(39)35(25)26(30(40)46-13-18-3-7-20(8-4-18)36(42)43)27(16)48-22-11-23(28-32-15-33-49-28)34(12-22)31(41)47-14-19-5-9-21(10-6-19)37(44)45/h3-10,15-17,22-25,38H,11-14H2,1-2H3/t16-,17-,22+,23+,24-,25-/m1/s1. The molecular formula is C31H30N6O10S2. The van der Waals surface area contributed by atoms with E-state index in [0.717, 1.165) is 11.5 Å². The molecule has 16 nitrogen and oxygen atoms in total. The van der Waals surface area contributed by atoms with Crippen LogP contribution in [0.1, 0.15) is 42.4 Å². The number of esters is 1. The van der Waals surface area contributed by atoms with Crippen LogP contribution in [-0.2, 0) is 32.3 Å². The number of hydrogen-bond donors (Lipinski definition) is 1. The van der Waals surface area contributed by atoms with Gasteiger partial charge in [-0.3, -0.25) is 29.9 Å². The Morgan fingerprint density at radius 2 is 1.63 bits per heavy atom. The number of likely N-dealkylation sites (tertiary alicyclic amines) is 1. The van der Waals surface area contributed by atoms with Crippen molar-refractivity contribution in [2.45, 2.75) is 56.9 Å². The summed E-state index contributed by atoms with van der Waals surface area (Å²) < 4.78 is 15.3. The summed E-state index contributed by atoms with van der Waals surface area (Å²) in [5.41, 5.74) is 0.985. The molecule has 49 heavy (non-hydrogen) atoms. The van der Waals surface area contributed by atoms with E-state index in [9.17, 15) is 39.7 Å². The van der Waals surface area contributed by atoms with Gasteiger partial charge >= 0.3 is 12.1 Å². The van der Waals surface area contributed by atoms with Crippen LogP contribution in [0.25, 0.3) is 0 Å². The lowest BCUT2D eigenvalue weighted by Crippen LogP contribution is -2.63. The van der Waals surface area contributed by atoms with Crippen LogP contribution in [0.4, 0.5) is 16.2 Å². The Morgan fingerprint density at radius 1 is 1.04 bits per heavy atom. The van der Waals surface area contributed by atoms with Crippen LogP contribution in [0, 0.1) is 32.1 Å². The zero-order chi connectivity index (χ0) is 35.0. The summed E-state index contributed by atoms with van der Waals surface area (Å²) in [6.45, 7) is 3.34. The molecule has 2 amide bonds. The van der Waals surface area contributed by atoms with Crippen LogP contribution in [0.15, 0.2) is 65.5 Å². The third-order valence-corrected chi connectivity index (χ3v) is 11.0. The molecule has 256 valence electrons. The molecule has 3 aliphatic heterocycles. The summed E-state index contributed by atoms with van der Waals surface area (Å²) in [5, 5.41) is 32.7. The van der Waals surface area contributed by atoms with Crippen molar-refractivity contribution < 1.29 is 38.8 Å². The third-order valence-electron chi connectivity index (χ3n) is 8.78. The number of aromatic nitrogens is 2. The second-order valence-electron chi connectivity index (χ2n) is 11.9. The quantitative estimate of drug-likeness (QED) is 0.127. The molecule has 0 aliphatic carbocycles. The molecule has 6 atom stereocenters. The number of aliphatic hydroxyl groups excluding tert-OH is 1. The fourth-order valence-electron chi connectivity index (χ4n) is 6.37. The summed E-state index contributed by atoms with van der Waals surface area (Å²) in [6.07, 6.45) is 0.277. The number of thioether (sulfide) groups is 1. The van der Waals surface area contributed by atoms with E-state index in [1.54, 1.807) is 0 Å². The normalized spacial score (nSPS) is 23.6. The van der Waals surface area contributed by atoms with Crippen molar-refractivity contribution in [2.24, 2.45) is 11.8 Å². The number of carbonyl (C=O) groups is 3. The predicted octanol–water partition coefficient (Wildman–Crippen LogP) is 4.35. The van der Waals surface area contributed by atoms with Crippen molar-refractivity contribution >= 4 is 52.6 Å². The van der Waals surface area contributed by atoms with Gasteiger partial charge in [0.25, 0.3) is 11.4 Å². The van der Waals surface area contributed by atoms with Crippen LogP contribution in [-0.4, -0.2) is 76.0 Å². The average molecular weight is 711 g/mol. The molecule has 3 aliphatic rings. The smallest absolute Gasteiger partial charge is 0.410 e. The average Bonchev–Trinajstić information content (AvgIpc) is 3.81. The Morgan fingerprint density at radius 3 is 2.16 bits per heavy atom. The molecule has 0 unspecified atom stereocenters. The van der Waals surface area contributed by atoms with Gasteiger partial charge in [0.05, 0.1) is 34.0 Å². The van der Waals surface area contributed by atoms with Crippen molar-refractivity contribution in [1.29, 1.82) is 0 Å². The van der Waals surface area contributed by atoms with E-state index in [2.05, 4.69) is 9.36 Å². The zero-order valence-corrected chi connectivity index (χ0v) is 27.7. The minimum atomic E-state index is -0.938. The number of non-ortho nitro benzene ring substituents is 2. The molecule has 0 radical (unpaired) electrons. The van der Waals surface area contributed by atoms with E-state index in [1.807, 2.05) is 6.92 Å². The number of nitro groups is 2. The van der Waals surface area contributed by atoms with Gasteiger partial charge in [0, 0.05) is 46.9 Å². The molecule has 0 bridgehead atoms. The van der Waals surface area contributed by atoms with E-state index >= 15 is 0 Å². The Balaban J connectivity index is 1.21. The number of nitrogens with zero attached hydrogens (tertiary/aromatic N) is 6. The second-order valence-corrected chi connectivity index (χ2v) is 14.0. The molecule has 1 N–H and O–H groups in total. The number of rotatable bonds is 11. The highest BCUT2D eigenvalue weighted by Crippen LogP contribution is 2.53. The minimum Gasteiger partial charge on any atom is -0.456 e. The lowest BCUT2D eigenvalue weighted by atomic mass is 9.79. The number of nitro benzene ring substituents is 2. The van der Waals surface area contributed by atoms with Gasteiger partial charge in [-0.1, -0.05) is 6.92 Å². The maximum absolute atomic E-state index is 13.6. The predicted molar refractivity (Wildman–Crippen MR) is 174 cm³/mol. The van der Waals surface area contributed by atoms with Gasteiger partial charge < -0.3 is 19.5 Å². The SMILES string of the molecule is C[C@@H](O)[C@H]1C(=O)N2C(C(=O)OCc3ccc([N+](=O)[O-])cc3)=C(S[C@H]3C[C@@H](c4ncns4)N(C(=O)OCc4ccc([N+](=O)[O-])cc4)C3)[C@H](C)[C@H]12. The van der Waals surface area contributed by atoms with E-state index in [1.165, 1.54) is 83.3 Å². The maximum Gasteiger partial charge on any atom is 0.410 e. The monoisotopic (exact) mass is 710 g/mol. The Bertz CT molecular complexity index is 1800. The van der Waals surface area contributed by atoms with Crippen molar-refractivity contribution in [3.8, 4) is 0 Å². The molecule has 2 saturated heterocycles. The summed E-state index contributed by atoms with van der Waals surface area (Å²) in [4.78, 5) is 69.1. The van der Waals surface area contributed by atoms with Gasteiger partial charge in [-0.05, 0) is 60.3 Å².